The van der Waals surface area contributed by atoms with Crippen LogP contribution < -0.4 is 10.6 Å². The Bertz CT molecular complexity index is 770. The minimum absolute atomic E-state index is 0.125. The molecule has 0 amide bonds. The summed E-state index contributed by atoms with van der Waals surface area (Å²) in [6, 6.07) is 5.46. The predicted octanol–water partition coefficient (Wildman–Crippen LogP) is 5.01. The quantitative estimate of drug-likeness (QED) is 0.331. The summed E-state index contributed by atoms with van der Waals surface area (Å²) in [6.45, 7) is 4.72. The predicted molar refractivity (Wildman–Crippen MR) is 111 cm³/mol. The largest absolute Gasteiger partial charge is 0.332 e. The molecule has 1 unspecified atom stereocenters. The lowest BCUT2D eigenvalue weighted by molar-refractivity contribution is -0.104. The van der Waals surface area contributed by atoms with Crippen LogP contribution in [0.1, 0.15) is 33.1 Å². The summed E-state index contributed by atoms with van der Waals surface area (Å²) in [4.78, 5) is 17.7. The fraction of sp³-hybridized carbons (Fsp3) is 0.400. The molecule has 0 fully saturated rings. The normalized spacial score (nSPS) is 21.4. The standard InChI is InChI=1S/C20H25Cl2N3O/c1-14(25(3)18-6-4-5-16(21)19(18)22)24-17(9-12-26)15-7-10-20(2,13-23)11-8-15/h4-7,9,12H,8,10-11,13,23H2,1-3H3/b17-9-,24-14-. The molecule has 2 rings (SSSR count). The molecule has 0 heterocycles. The average molecular weight is 394 g/mol. The molecule has 0 spiro atoms. The first-order chi connectivity index (χ1) is 12.3. The van der Waals surface area contributed by atoms with Crippen molar-refractivity contribution in [2.75, 3.05) is 18.5 Å². The maximum atomic E-state index is 11.1. The van der Waals surface area contributed by atoms with E-state index in [0.29, 0.717) is 22.3 Å². The molecule has 0 bridgehead atoms. The van der Waals surface area contributed by atoms with Gasteiger partial charge in [0.15, 0.2) is 0 Å². The van der Waals surface area contributed by atoms with Crippen molar-refractivity contribution in [3.05, 3.63) is 51.7 Å². The summed E-state index contributed by atoms with van der Waals surface area (Å²) >= 11 is 12.4. The molecular weight excluding hydrogens is 369 g/mol. The summed E-state index contributed by atoms with van der Waals surface area (Å²) in [6.07, 6.45) is 7.15. The zero-order chi connectivity index (χ0) is 19.3. The molecule has 0 aliphatic heterocycles. The van der Waals surface area contributed by atoms with Crippen LogP contribution in [0.5, 0.6) is 0 Å². The Kier molecular flexibility index (Phi) is 7.04. The minimum atomic E-state index is 0.125. The third-order valence-electron chi connectivity index (χ3n) is 4.95. The second-order valence-corrected chi connectivity index (χ2v) is 7.71. The van der Waals surface area contributed by atoms with Gasteiger partial charge in [0.05, 0.1) is 21.4 Å². The summed E-state index contributed by atoms with van der Waals surface area (Å²) < 4.78 is 0. The summed E-state index contributed by atoms with van der Waals surface area (Å²) in [5.74, 6) is 0.718. The first-order valence-corrected chi connectivity index (χ1v) is 9.35. The SMILES string of the molecule is C/C(=N/C(=C\C=O)C1=CCC(C)(CN)CC1)N(C)c1cccc(Cl)c1Cl. The molecule has 1 aromatic rings. The molecule has 1 aliphatic carbocycles. The molecule has 0 saturated carbocycles. The summed E-state index contributed by atoms with van der Waals surface area (Å²) in [5, 5.41) is 0.964. The topological polar surface area (TPSA) is 58.7 Å². The molecule has 26 heavy (non-hydrogen) atoms. The lowest BCUT2D eigenvalue weighted by Gasteiger charge is -2.31. The van der Waals surface area contributed by atoms with E-state index < -0.39 is 0 Å². The molecule has 2 N–H and O–H groups in total. The molecule has 0 radical (unpaired) electrons. The van der Waals surface area contributed by atoms with E-state index in [4.69, 9.17) is 28.9 Å². The number of aldehydes is 1. The molecule has 0 saturated heterocycles. The molecule has 140 valence electrons. The number of benzene rings is 1. The smallest absolute Gasteiger partial charge is 0.144 e. The molecular formula is C20H25Cl2N3O. The number of halogens is 2. The van der Waals surface area contributed by atoms with E-state index in [9.17, 15) is 4.79 Å². The van der Waals surface area contributed by atoms with Crippen molar-refractivity contribution in [3.63, 3.8) is 0 Å². The fourth-order valence-electron chi connectivity index (χ4n) is 2.88. The van der Waals surface area contributed by atoms with Crippen LogP contribution in [0.4, 0.5) is 5.69 Å². The number of rotatable bonds is 5. The van der Waals surface area contributed by atoms with E-state index in [-0.39, 0.29) is 5.41 Å². The zero-order valence-electron chi connectivity index (χ0n) is 15.4. The van der Waals surface area contributed by atoms with Crippen LogP contribution in [0.15, 0.2) is 46.6 Å². The number of allylic oxidation sites excluding steroid dienone is 3. The Morgan fingerprint density at radius 3 is 2.73 bits per heavy atom. The second-order valence-electron chi connectivity index (χ2n) is 6.93. The van der Waals surface area contributed by atoms with E-state index in [0.717, 1.165) is 42.6 Å². The third kappa shape index (κ3) is 4.76. The number of amidine groups is 1. The van der Waals surface area contributed by atoms with Crippen molar-refractivity contribution < 1.29 is 4.79 Å². The number of nitrogens with zero attached hydrogens (tertiary/aromatic N) is 2. The van der Waals surface area contributed by atoms with Gasteiger partial charge in [-0.05, 0) is 55.9 Å². The maximum Gasteiger partial charge on any atom is 0.144 e. The van der Waals surface area contributed by atoms with Gasteiger partial charge in [0.2, 0.25) is 0 Å². The average Bonchev–Trinajstić information content (AvgIpc) is 2.63. The number of hydrogen-bond donors (Lipinski definition) is 1. The van der Waals surface area contributed by atoms with Crippen LogP contribution in [0.3, 0.4) is 0 Å². The summed E-state index contributed by atoms with van der Waals surface area (Å²) in [7, 11) is 1.87. The highest BCUT2D eigenvalue weighted by Gasteiger charge is 2.26. The zero-order valence-corrected chi connectivity index (χ0v) is 16.9. The van der Waals surface area contributed by atoms with Gasteiger partial charge >= 0.3 is 0 Å². The van der Waals surface area contributed by atoms with Crippen molar-refractivity contribution in [3.8, 4) is 0 Å². The van der Waals surface area contributed by atoms with E-state index in [1.807, 2.05) is 31.0 Å². The number of aliphatic imine (C=N–C) groups is 1. The number of hydrogen-bond acceptors (Lipinski definition) is 3. The van der Waals surface area contributed by atoms with Crippen molar-refractivity contribution in [1.29, 1.82) is 0 Å². The molecule has 4 nitrogen and oxygen atoms in total. The monoisotopic (exact) mass is 393 g/mol. The lowest BCUT2D eigenvalue weighted by atomic mass is 9.76. The Hall–Kier alpha value is -1.62. The van der Waals surface area contributed by atoms with E-state index in [1.54, 1.807) is 6.07 Å². The van der Waals surface area contributed by atoms with Crippen molar-refractivity contribution >= 4 is 41.0 Å². The van der Waals surface area contributed by atoms with Gasteiger partial charge in [-0.1, -0.05) is 42.3 Å². The lowest BCUT2D eigenvalue weighted by Crippen LogP contribution is -2.29. The maximum absolute atomic E-state index is 11.1. The van der Waals surface area contributed by atoms with Crippen LogP contribution in [0, 0.1) is 5.41 Å². The van der Waals surface area contributed by atoms with Crippen molar-refractivity contribution in [2.24, 2.45) is 16.1 Å². The molecule has 6 heteroatoms. The summed E-state index contributed by atoms with van der Waals surface area (Å²) in [5.41, 5.74) is 8.52. The highest BCUT2D eigenvalue weighted by molar-refractivity contribution is 6.44. The molecule has 1 aliphatic rings. The van der Waals surface area contributed by atoms with Crippen molar-refractivity contribution in [1.82, 2.24) is 0 Å². The Morgan fingerprint density at radius 2 is 2.15 bits per heavy atom. The highest BCUT2D eigenvalue weighted by atomic mass is 35.5. The van der Waals surface area contributed by atoms with E-state index in [1.165, 1.54) is 6.08 Å². The number of anilines is 1. The van der Waals surface area contributed by atoms with Crippen LogP contribution in [0.2, 0.25) is 10.0 Å². The van der Waals surface area contributed by atoms with E-state index >= 15 is 0 Å². The van der Waals surface area contributed by atoms with Gasteiger partial charge in [-0.3, -0.25) is 4.79 Å². The van der Waals surface area contributed by atoms with Gasteiger partial charge in [-0.2, -0.15) is 0 Å². The second kappa shape index (κ2) is 8.85. The van der Waals surface area contributed by atoms with Crippen LogP contribution >= 0.6 is 23.2 Å². The van der Waals surface area contributed by atoms with E-state index in [2.05, 4.69) is 18.0 Å². The van der Waals surface area contributed by atoms with Crippen LogP contribution in [-0.2, 0) is 4.79 Å². The van der Waals surface area contributed by atoms with Crippen LogP contribution in [0.25, 0.3) is 0 Å². The van der Waals surface area contributed by atoms with Gasteiger partial charge in [0, 0.05) is 13.1 Å². The van der Waals surface area contributed by atoms with Gasteiger partial charge in [0.25, 0.3) is 0 Å². The Labute approximate surface area is 165 Å². The first kappa shape index (κ1) is 20.7. The molecule has 1 aromatic carbocycles. The fourth-order valence-corrected chi connectivity index (χ4v) is 3.31. The number of nitrogens with two attached hydrogens (primary N) is 1. The minimum Gasteiger partial charge on any atom is -0.332 e. The number of carbonyl (C=O) groups is 1. The molecule has 1 atom stereocenters. The first-order valence-electron chi connectivity index (χ1n) is 8.59. The Balaban J connectivity index is 2.30. The Morgan fingerprint density at radius 1 is 1.42 bits per heavy atom. The molecule has 0 aromatic heterocycles. The van der Waals surface area contributed by atoms with Gasteiger partial charge in [-0.15, -0.1) is 0 Å². The van der Waals surface area contributed by atoms with Gasteiger partial charge < -0.3 is 10.6 Å². The van der Waals surface area contributed by atoms with Crippen molar-refractivity contribution in [2.45, 2.75) is 33.1 Å². The number of carbonyl (C=O) groups excluding carboxylic acids is 1. The highest BCUT2D eigenvalue weighted by Crippen LogP contribution is 2.37. The third-order valence-corrected chi connectivity index (χ3v) is 5.76. The van der Waals surface area contributed by atoms with Gasteiger partial charge in [-0.25, -0.2) is 4.99 Å². The van der Waals surface area contributed by atoms with Crippen LogP contribution in [-0.4, -0.2) is 25.7 Å². The van der Waals surface area contributed by atoms with Gasteiger partial charge in [0.1, 0.15) is 12.1 Å².